The Balaban J connectivity index is 1.90. The molecule has 1 amide bonds. The quantitative estimate of drug-likeness (QED) is 0.744. The summed E-state index contributed by atoms with van der Waals surface area (Å²) in [7, 11) is 1.75. The zero-order chi connectivity index (χ0) is 15.0. The van der Waals surface area contributed by atoms with Crippen LogP contribution in [0.3, 0.4) is 0 Å². The van der Waals surface area contributed by atoms with Gasteiger partial charge in [0, 0.05) is 17.1 Å². The first-order valence-electron chi connectivity index (χ1n) is 6.91. The number of benzene rings is 2. The average molecular weight is 365 g/mol. The summed E-state index contributed by atoms with van der Waals surface area (Å²) in [4.78, 5) is 14.2. The molecule has 0 aromatic heterocycles. The van der Waals surface area contributed by atoms with Gasteiger partial charge in [0.1, 0.15) is 0 Å². The van der Waals surface area contributed by atoms with Gasteiger partial charge in [-0.25, -0.2) is 0 Å². The number of rotatable bonds is 2. The maximum atomic E-state index is 12.6. The predicted octanol–water partition coefficient (Wildman–Crippen LogP) is 4.87. The fourth-order valence-corrected chi connectivity index (χ4v) is 3.56. The highest BCUT2D eigenvalue weighted by molar-refractivity contribution is 9.10. The molecule has 0 saturated heterocycles. The van der Waals surface area contributed by atoms with Gasteiger partial charge in [0.25, 0.3) is 5.91 Å². The van der Waals surface area contributed by atoms with Crippen LogP contribution in [0.4, 0.5) is 5.69 Å². The Kier molecular flexibility index (Phi) is 4.05. The van der Waals surface area contributed by atoms with Crippen molar-refractivity contribution < 1.29 is 4.79 Å². The van der Waals surface area contributed by atoms with Gasteiger partial charge in [0.05, 0.1) is 10.7 Å². The summed E-state index contributed by atoms with van der Waals surface area (Å²) in [5.41, 5.74) is 4.11. The fourth-order valence-electron chi connectivity index (χ4n) is 2.76. The van der Waals surface area contributed by atoms with Crippen LogP contribution >= 0.6 is 27.5 Å². The van der Waals surface area contributed by atoms with Gasteiger partial charge in [-0.2, -0.15) is 0 Å². The summed E-state index contributed by atoms with van der Waals surface area (Å²) < 4.78 is 0.898. The Morgan fingerprint density at radius 1 is 1.14 bits per heavy atom. The first kappa shape index (κ1) is 14.6. The monoisotopic (exact) mass is 363 g/mol. The lowest BCUT2D eigenvalue weighted by Crippen LogP contribution is -2.26. The number of halogens is 2. The summed E-state index contributed by atoms with van der Waals surface area (Å²) >= 11 is 9.60. The van der Waals surface area contributed by atoms with E-state index in [0.29, 0.717) is 10.7 Å². The number of carbonyl (C=O) groups excluding carboxylic acids is 1. The Hall–Kier alpha value is -1.32. The third-order valence-electron chi connectivity index (χ3n) is 3.92. The van der Waals surface area contributed by atoms with Crippen molar-refractivity contribution in [3.8, 4) is 0 Å². The summed E-state index contributed by atoms with van der Waals surface area (Å²) in [6.07, 6.45) is 3.37. The van der Waals surface area contributed by atoms with Crippen molar-refractivity contribution in [2.75, 3.05) is 11.9 Å². The predicted molar refractivity (Wildman–Crippen MR) is 90.4 cm³/mol. The molecule has 1 aliphatic carbocycles. The second kappa shape index (κ2) is 5.82. The first-order chi connectivity index (χ1) is 10.1. The van der Waals surface area contributed by atoms with Crippen LogP contribution in [0.5, 0.6) is 0 Å². The highest BCUT2D eigenvalue weighted by atomic mass is 79.9. The zero-order valence-electron chi connectivity index (χ0n) is 11.7. The topological polar surface area (TPSA) is 20.3 Å². The van der Waals surface area contributed by atoms with E-state index in [1.165, 1.54) is 17.5 Å². The van der Waals surface area contributed by atoms with E-state index in [4.69, 9.17) is 11.6 Å². The van der Waals surface area contributed by atoms with E-state index in [0.717, 1.165) is 22.9 Å². The van der Waals surface area contributed by atoms with Gasteiger partial charge >= 0.3 is 0 Å². The molecule has 0 heterocycles. The van der Waals surface area contributed by atoms with Crippen LogP contribution in [0.2, 0.25) is 5.02 Å². The van der Waals surface area contributed by atoms with Crippen molar-refractivity contribution >= 4 is 39.1 Å². The number of nitrogens with zero attached hydrogens (tertiary/aromatic N) is 1. The van der Waals surface area contributed by atoms with E-state index in [1.54, 1.807) is 18.0 Å². The van der Waals surface area contributed by atoms with E-state index in [1.807, 2.05) is 24.3 Å². The normalized spacial score (nSPS) is 13.1. The second-order valence-corrected chi connectivity index (χ2v) is 6.62. The number of hydrogen-bond donors (Lipinski definition) is 0. The number of hydrogen-bond acceptors (Lipinski definition) is 1. The summed E-state index contributed by atoms with van der Waals surface area (Å²) in [6.45, 7) is 0. The standard InChI is InChI=1S/C17H15BrClNO/c1-20(16-8-7-14(18)10-15(16)19)17(21)13-6-5-11-3-2-4-12(11)9-13/h5-10H,2-4H2,1H3. The third kappa shape index (κ3) is 2.85. The maximum Gasteiger partial charge on any atom is 0.258 e. The van der Waals surface area contributed by atoms with Crippen LogP contribution in [0.15, 0.2) is 40.9 Å². The summed E-state index contributed by atoms with van der Waals surface area (Å²) in [6, 6.07) is 11.5. The van der Waals surface area contributed by atoms with E-state index >= 15 is 0 Å². The average Bonchev–Trinajstić information content (AvgIpc) is 2.93. The number of carbonyl (C=O) groups is 1. The Bertz CT molecular complexity index is 714. The van der Waals surface area contributed by atoms with Crippen LogP contribution in [0, 0.1) is 0 Å². The third-order valence-corrected chi connectivity index (χ3v) is 4.72. The van der Waals surface area contributed by atoms with Crippen LogP contribution in [-0.2, 0) is 12.8 Å². The molecular weight excluding hydrogens is 350 g/mol. The van der Waals surface area contributed by atoms with E-state index in [-0.39, 0.29) is 5.91 Å². The molecule has 2 nitrogen and oxygen atoms in total. The number of amides is 1. The molecule has 4 heteroatoms. The molecule has 0 aliphatic heterocycles. The molecule has 0 atom stereocenters. The lowest BCUT2D eigenvalue weighted by Gasteiger charge is -2.19. The van der Waals surface area contributed by atoms with Gasteiger partial charge in [-0.1, -0.05) is 33.6 Å². The van der Waals surface area contributed by atoms with Crippen LogP contribution in [-0.4, -0.2) is 13.0 Å². The van der Waals surface area contributed by atoms with Crippen molar-refractivity contribution in [3.05, 3.63) is 62.6 Å². The van der Waals surface area contributed by atoms with Gasteiger partial charge in [-0.3, -0.25) is 4.79 Å². The minimum absolute atomic E-state index is 0.0334. The fraction of sp³-hybridized carbons (Fsp3) is 0.235. The molecular formula is C17H15BrClNO. The Morgan fingerprint density at radius 2 is 1.90 bits per heavy atom. The van der Waals surface area contributed by atoms with Gasteiger partial charge in [0.2, 0.25) is 0 Å². The molecule has 21 heavy (non-hydrogen) atoms. The van der Waals surface area contributed by atoms with Crippen LogP contribution < -0.4 is 4.90 Å². The van der Waals surface area contributed by atoms with Gasteiger partial charge < -0.3 is 4.90 Å². The van der Waals surface area contributed by atoms with Gasteiger partial charge in [-0.05, 0) is 60.7 Å². The van der Waals surface area contributed by atoms with E-state index in [9.17, 15) is 4.79 Å². The molecule has 0 spiro atoms. The molecule has 0 radical (unpaired) electrons. The molecule has 2 aromatic rings. The largest absolute Gasteiger partial charge is 0.310 e. The van der Waals surface area contributed by atoms with Crippen molar-refractivity contribution in [1.29, 1.82) is 0 Å². The highest BCUT2D eigenvalue weighted by Gasteiger charge is 2.18. The van der Waals surface area contributed by atoms with Gasteiger partial charge in [0.15, 0.2) is 0 Å². The van der Waals surface area contributed by atoms with E-state index in [2.05, 4.69) is 22.0 Å². The maximum absolute atomic E-state index is 12.6. The molecule has 2 aromatic carbocycles. The second-order valence-electron chi connectivity index (χ2n) is 5.30. The number of fused-ring (bicyclic) bond motifs is 1. The SMILES string of the molecule is CN(C(=O)c1ccc2c(c1)CCC2)c1ccc(Br)cc1Cl. The van der Waals surface area contributed by atoms with Crippen molar-refractivity contribution in [2.24, 2.45) is 0 Å². The molecule has 0 unspecified atom stereocenters. The lowest BCUT2D eigenvalue weighted by molar-refractivity contribution is 0.0993. The first-order valence-corrected chi connectivity index (χ1v) is 8.08. The molecule has 0 saturated carbocycles. The summed E-state index contributed by atoms with van der Waals surface area (Å²) in [5.74, 6) is -0.0334. The molecule has 0 bridgehead atoms. The Labute approximate surface area is 137 Å². The van der Waals surface area contributed by atoms with Crippen LogP contribution in [0.1, 0.15) is 27.9 Å². The van der Waals surface area contributed by atoms with Crippen LogP contribution in [0.25, 0.3) is 0 Å². The Morgan fingerprint density at radius 3 is 2.67 bits per heavy atom. The molecule has 0 N–H and O–H groups in total. The molecule has 0 fully saturated rings. The van der Waals surface area contributed by atoms with Crippen molar-refractivity contribution in [2.45, 2.75) is 19.3 Å². The minimum atomic E-state index is -0.0334. The number of aryl methyl sites for hydroxylation is 2. The summed E-state index contributed by atoms with van der Waals surface area (Å²) in [5, 5.41) is 0.557. The lowest BCUT2D eigenvalue weighted by atomic mass is 10.1. The van der Waals surface area contributed by atoms with E-state index < -0.39 is 0 Å². The van der Waals surface area contributed by atoms with Crippen molar-refractivity contribution in [1.82, 2.24) is 0 Å². The zero-order valence-corrected chi connectivity index (χ0v) is 14.0. The van der Waals surface area contributed by atoms with Gasteiger partial charge in [-0.15, -0.1) is 0 Å². The molecule has 108 valence electrons. The minimum Gasteiger partial charge on any atom is -0.310 e. The smallest absolute Gasteiger partial charge is 0.258 e. The number of anilines is 1. The van der Waals surface area contributed by atoms with Crippen molar-refractivity contribution in [3.63, 3.8) is 0 Å². The molecule has 3 rings (SSSR count). The highest BCUT2D eigenvalue weighted by Crippen LogP contribution is 2.30. The molecule has 1 aliphatic rings.